The van der Waals surface area contributed by atoms with Gasteiger partial charge >= 0.3 is 18.2 Å². The van der Waals surface area contributed by atoms with Crippen molar-refractivity contribution in [2.45, 2.75) is 56.9 Å². The van der Waals surface area contributed by atoms with Crippen LogP contribution in [0.25, 0.3) is 0 Å². The number of halogens is 3. The van der Waals surface area contributed by atoms with E-state index in [4.69, 9.17) is 9.90 Å². The number of likely N-dealkylation sites (tertiary alicyclic amines) is 1. The van der Waals surface area contributed by atoms with Gasteiger partial charge in [0, 0.05) is 45.0 Å². The van der Waals surface area contributed by atoms with E-state index in [2.05, 4.69) is 26.1 Å². The molecule has 1 aliphatic carbocycles. The van der Waals surface area contributed by atoms with E-state index in [1.165, 1.54) is 25.0 Å². The molecule has 8 nitrogen and oxygen atoms in total. The summed E-state index contributed by atoms with van der Waals surface area (Å²) < 4.78 is 33.8. The van der Waals surface area contributed by atoms with Crippen molar-refractivity contribution in [3.8, 4) is 0 Å². The highest BCUT2D eigenvalue weighted by Gasteiger charge is 2.38. The number of amides is 2. The number of hydrogen-bond acceptors (Lipinski definition) is 4. The summed E-state index contributed by atoms with van der Waals surface area (Å²) >= 11 is 0. The van der Waals surface area contributed by atoms with Crippen LogP contribution < -0.4 is 5.32 Å². The van der Waals surface area contributed by atoms with Crippen LogP contribution in [0.5, 0.6) is 0 Å². The lowest BCUT2D eigenvalue weighted by molar-refractivity contribution is -0.192. The SMILES string of the molecule is O=C(NCC1CN(C2CCC2)Cc2ccnn21)N1CCCC1.O=C(O)C(F)(F)F. The zero-order valence-electron chi connectivity index (χ0n) is 16.1. The Morgan fingerprint density at radius 2 is 1.86 bits per heavy atom. The second-order valence-electron chi connectivity index (χ2n) is 7.62. The largest absolute Gasteiger partial charge is 0.490 e. The number of carboxylic acid groups (broad SMARTS) is 1. The number of rotatable bonds is 3. The number of hydrogen-bond donors (Lipinski definition) is 2. The minimum Gasteiger partial charge on any atom is -0.475 e. The maximum atomic E-state index is 12.2. The van der Waals surface area contributed by atoms with Gasteiger partial charge in [0.05, 0.1) is 11.7 Å². The summed E-state index contributed by atoms with van der Waals surface area (Å²) in [4.78, 5) is 25.6. The molecular weight excluding hydrogens is 391 g/mol. The molecule has 0 aromatic carbocycles. The maximum absolute atomic E-state index is 12.2. The van der Waals surface area contributed by atoms with E-state index in [9.17, 15) is 18.0 Å². The summed E-state index contributed by atoms with van der Waals surface area (Å²) in [6.07, 6.45) is 3.07. The second-order valence-corrected chi connectivity index (χ2v) is 7.62. The van der Waals surface area contributed by atoms with E-state index in [1.807, 2.05) is 11.1 Å². The number of carbonyl (C=O) groups excluding carboxylic acids is 1. The van der Waals surface area contributed by atoms with Crippen molar-refractivity contribution in [3.05, 3.63) is 18.0 Å². The van der Waals surface area contributed by atoms with Crippen LogP contribution in [0.15, 0.2) is 12.3 Å². The summed E-state index contributed by atoms with van der Waals surface area (Å²) in [7, 11) is 0. The molecule has 2 amide bonds. The molecule has 1 aromatic heterocycles. The predicted octanol–water partition coefficient (Wildman–Crippen LogP) is 2.23. The Hall–Kier alpha value is -2.30. The lowest BCUT2D eigenvalue weighted by Crippen LogP contribution is -2.50. The van der Waals surface area contributed by atoms with Gasteiger partial charge in [-0.05, 0) is 31.7 Å². The summed E-state index contributed by atoms with van der Waals surface area (Å²) in [6, 6.07) is 3.19. The van der Waals surface area contributed by atoms with E-state index in [0.29, 0.717) is 6.54 Å². The van der Waals surface area contributed by atoms with Crippen molar-refractivity contribution >= 4 is 12.0 Å². The number of nitrogens with zero attached hydrogens (tertiary/aromatic N) is 4. The molecule has 1 saturated carbocycles. The van der Waals surface area contributed by atoms with Gasteiger partial charge < -0.3 is 15.3 Å². The van der Waals surface area contributed by atoms with E-state index in [-0.39, 0.29) is 12.1 Å². The Balaban J connectivity index is 0.000000298. The van der Waals surface area contributed by atoms with Crippen molar-refractivity contribution in [1.82, 2.24) is 24.9 Å². The van der Waals surface area contributed by atoms with E-state index >= 15 is 0 Å². The van der Waals surface area contributed by atoms with Gasteiger partial charge in [0.15, 0.2) is 0 Å². The molecule has 3 heterocycles. The smallest absolute Gasteiger partial charge is 0.475 e. The molecule has 0 radical (unpaired) electrons. The number of fused-ring (bicyclic) bond motifs is 1. The summed E-state index contributed by atoms with van der Waals surface area (Å²) in [5.74, 6) is -2.76. The molecule has 3 aliphatic rings. The average molecular weight is 417 g/mol. The third-order valence-electron chi connectivity index (χ3n) is 5.62. The number of carbonyl (C=O) groups is 2. The third kappa shape index (κ3) is 5.40. The third-order valence-corrected chi connectivity index (χ3v) is 5.62. The molecule has 2 N–H and O–H groups in total. The summed E-state index contributed by atoms with van der Waals surface area (Å²) in [5.41, 5.74) is 1.28. The number of carboxylic acids is 1. The number of aliphatic carboxylic acids is 1. The molecule has 1 atom stereocenters. The predicted molar refractivity (Wildman–Crippen MR) is 97.2 cm³/mol. The topological polar surface area (TPSA) is 90.7 Å². The first-order valence-corrected chi connectivity index (χ1v) is 9.85. The monoisotopic (exact) mass is 417 g/mol. The van der Waals surface area contributed by atoms with Crippen LogP contribution in [-0.2, 0) is 11.3 Å². The van der Waals surface area contributed by atoms with Crippen LogP contribution in [0.3, 0.4) is 0 Å². The minimum atomic E-state index is -5.08. The highest BCUT2D eigenvalue weighted by atomic mass is 19.4. The minimum absolute atomic E-state index is 0.0898. The fraction of sp³-hybridized carbons (Fsp3) is 0.722. The quantitative estimate of drug-likeness (QED) is 0.787. The van der Waals surface area contributed by atoms with Crippen molar-refractivity contribution in [1.29, 1.82) is 0 Å². The zero-order valence-corrected chi connectivity index (χ0v) is 16.1. The molecule has 162 valence electrons. The fourth-order valence-electron chi connectivity index (χ4n) is 3.83. The van der Waals surface area contributed by atoms with Gasteiger partial charge in [0.2, 0.25) is 0 Å². The summed E-state index contributed by atoms with van der Waals surface area (Å²) in [5, 5.41) is 14.7. The normalized spacial score (nSPS) is 22.3. The highest BCUT2D eigenvalue weighted by molar-refractivity contribution is 5.74. The molecule has 2 fully saturated rings. The van der Waals surface area contributed by atoms with Gasteiger partial charge in [0.25, 0.3) is 0 Å². The Morgan fingerprint density at radius 3 is 2.41 bits per heavy atom. The second kappa shape index (κ2) is 9.02. The van der Waals surface area contributed by atoms with Crippen LogP contribution in [0.4, 0.5) is 18.0 Å². The number of nitrogens with one attached hydrogen (secondary N) is 1. The van der Waals surface area contributed by atoms with Gasteiger partial charge in [0.1, 0.15) is 0 Å². The number of urea groups is 1. The van der Waals surface area contributed by atoms with Gasteiger partial charge in [-0.3, -0.25) is 9.58 Å². The van der Waals surface area contributed by atoms with Crippen molar-refractivity contribution in [2.24, 2.45) is 0 Å². The first kappa shape index (κ1) is 21.4. The van der Waals surface area contributed by atoms with Crippen LogP contribution >= 0.6 is 0 Å². The van der Waals surface area contributed by atoms with Gasteiger partial charge in [-0.1, -0.05) is 6.42 Å². The maximum Gasteiger partial charge on any atom is 0.490 e. The standard InChI is InChI=1S/C16H25N5O.C2HF3O2/c22-16(19-8-1-2-9-19)17-10-15-12-20(13-4-3-5-13)11-14-6-7-18-21(14)15;3-2(4,5)1(6)7/h6-7,13,15H,1-5,8-12H2,(H,17,22);(H,6,7). The van der Waals surface area contributed by atoms with Crippen LogP contribution in [0, 0.1) is 0 Å². The average Bonchev–Trinajstić information content (AvgIpc) is 3.29. The molecule has 29 heavy (non-hydrogen) atoms. The van der Waals surface area contributed by atoms with Crippen LogP contribution in [0.2, 0.25) is 0 Å². The Kier molecular flexibility index (Phi) is 6.66. The number of aromatic nitrogens is 2. The van der Waals surface area contributed by atoms with Crippen LogP contribution in [-0.4, -0.2) is 75.1 Å². The molecule has 0 bridgehead atoms. The molecular formula is C18H26F3N5O3. The lowest BCUT2D eigenvalue weighted by atomic mass is 9.90. The molecule has 1 aromatic rings. The van der Waals surface area contributed by atoms with E-state index in [0.717, 1.165) is 45.1 Å². The summed E-state index contributed by atoms with van der Waals surface area (Å²) in [6.45, 7) is 4.48. The molecule has 1 saturated heterocycles. The Morgan fingerprint density at radius 1 is 1.21 bits per heavy atom. The lowest BCUT2D eigenvalue weighted by Gasteiger charge is -2.42. The van der Waals surface area contributed by atoms with Crippen molar-refractivity contribution in [2.75, 3.05) is 26.2 Å². The fourth-order valence-corrected chi connectivity index (χ4v) is 3.83. The van der Waals surface area contributed by atoms with Crippen molar-refractivity contribution in [3.63, 3.8) is 0 Å². The van der Waals surface area contributed by atoms with Crippen molar-refractivity contribution < 1.29 is 27.9 Å². The van der Waals surface area contributed by atoms with E-state index in [1.54, 1.807) is 0 Å². The van der Waals surface area contributed by atoms with Gasteiger partial charge in [-0.25, -0.2) is 9.59 Å². The highest BCUT2D eigenvalue weighted by Crippen LogP contribution is 2.30. The van der Waals surface area contributed by atoms with E-state index < -0.39 is 12.1 Å². The molecule has 4 rings (SSSR count). The Labute approximate surface area is 166 Å². The van der Waals surface area contributed by atoms with Crippen LogP contribution in [0.1, 0.15) is 43.8 Å². The zero-order chi connectivity index (χ0) is 21.0. The first-order chi connectivity index (χ1) is 13.8. The number of alkyl halides is 3. The molecule has 0 spiro atoms. The molecule has 1 unspecified atom stereocenters. The molecule has 2 aliphatic heterocycles. The molecule has 11 heteroatoms. The first-order valence-electron chi connectivity index (χ1n) is 9.85. The Bertz CT molecular complexity index is 714. The van der Waals surface area contributed by atoms with Gasteiger partial charge in [-0.15, -0.1) is 0 Å². The van der Waals surface area contributed by atoms with Gasteiger partial charge in [-0.2, -0.15) is 18.3 Å².